The summed E-state index contributed by atoms with van der Waals surface area (Å²) < 4.78 is 73.3. The van der Waals surface area contributed by atoms with E-state index in [1.165, 1.54) is 48.5 Å². The minimum absolute atomic E-state index is 0.149. The van der Waals surface area contributed by atoms with Gasteiger partial charge in [0.15, 0.2) is 17.3 Å². The smallest absolute Gasteiger partial charge is 0.420 e. The molecule has 2 aromatic carbocycles. The summed E-state index contributed by atoms with van der Waals surface area (Å²) in [6.45, 7) is 9.48. The fraction of sp³-hybridized carbons (Fsp3) is 0.422. The number of hydrogen-bond acceptors (Lipinski definition) is 11. The van der Waals surface area contributed by atoms with E-state index in [0.717, 1.165) is 17.7 Å². The van der Waals surface area contributed by atoms with Crippen LogP contribution in [0.2, 0.25) is 0 Å². The first-order valence-electron chi connectivity index (χ1n) is 20.7. The molecule has 2 saturated heterocycles. The molecule has 6 rings (SSSR count). The molecule has 0 bridgehead atoms. The Hall–Kier alpha value is -6.46. The number of aromatic nitrogens is 2. The lowest BCUT2D eigenvalue weighted by Gasteiger charge is -2.35. The number of rotatable bonds is 16. The lowest BCUT2D eigenvalue weighted by Crippen LogP contribution is -2.58. The minimum atomic E-state index is -5.19. The third kappa shape index (κ3) is 10.7. The van der Waals surface area contributed by atoms with E-state index < -0.39 is 63.7 Å². The van der Waals surface area contributed by atoms with Gasteiger partial charge in [-0.15, -0.1) is 0 Å². The quantitative estimate of drug-likeness (QED) is 0.0691. The second kappa shape index (κ2) is 19.7. The number of thiocarbonyl (C=S) groups is 1. The summed E-state index contributed by atoms with van der Waals surface area (Å²) in [7, 11) is 0. The van der Waals surface area contributed by atoms with Gasteiger partial charge in [0.25, 0.3) is 5.91 Å². The molecule has 0 radical (unpaired) electrons. The first-order chi connectivity index (χ1) is 30.7. The van der Waals surface area contributed by atoms with Gasteiger partial charge in [0, 0.05) is 18.7 Å². The van der Waals surface area contributed by atoms with Gasteiger partial charge in [-0.3, -0.25) is 29.1 Å². The molecule has 2 N–H and O–H groups in total. The molecule has 344 valence electrons. The van der Waals surface area contributed by atoms with Crippen molar-refractivity contribution >= 4 is 52.3 Å². The van der Waals surface area contributed by atoms with Gasteiger partial charge >= 0.3 is 6.18 Å². The zero-order valence-electron chi connectivity index (χ0n) is 36.3. The lowest BCUT2D eigenvalue weighted by molar-refractivity contribution is -0.144. The zero-order valence-corrected chi connectivity index (χ0v) is 37.1. The van der Waals surface area contributed by atoms with Gasteiger partial charge in [-0.05, 0) is 106 Å². The number of unbranched alkanes of at least 4 members (excludes halogenated alkanes) is 1. The molecule has 0 spiro atoms. The molecule has 2 atom stereocenters. The van der Waals surface area contributed by atoms with Gasteiger partial charge < -0.3 is 34.3 Å². The first-order valence-corrected chi connectivity index (χ1v) is 21.1. The van der Waals surface area contributed by atoms with Crippen molar-refractivity contribution in [2.45, 2.75) is 90.6 Å². The Balaban J connectivity index is 0.950. The Morgan fingerprint density at radius 1 is 1.05 bits per heavy atom. The minimum Gasteiger partial charge on any atom is -0.494 e. The zero-order chi connectivity index (χ0) is 47.3. The van der Waals surface area contributed by atoms with Gasteiger partial charge in [-0.2, -0.15) is 18.4 Å². The molecular formula is C45H48F4N8O7S. The van der Waals surface area contributed by atoms with Crippen LogP contribution in [0.1, 0.15) is 77.2 Å². The van der Waals surface area contributed by atoms with E-state index in [1.54, 1.807) is 36.4 Å². The number of nitriles is 1. The Morgan fingerprint density at radius 2 is 1.77 bits per heavy atom. The summed E-state index contributed by atoms with van der Waals surface area (Å²) in [4.78, 5) is 65.1. The Morgan fingerprint density at radius 3 is 2.40 bits per heavy atom. The molecule has 4 aromatic rings. The van der Waals surface area contributed by atoms with E-state index >= 15 is 4.39 Å². The van der Waals surface area contributed by atoms with Crippen LogP contribution >= 0.6 is 12.2 Å². The van der Waals surface area contributed by atoms with Crippen LogP contribution in [-0.4, -0.2) is 87.6 Å². The number of ether oxygens (including phenoxy) is 2. The molecule has 2 aromatic heterocycles. The predicted molar refractivity (Wildman–Crippen MR) is 232 cm³/mol. The normalized spacial score (nSPS) is 16.7. The standard InChI is InChI=1S/C45H48F4N8O7S/c1-43(2,3)38(40(60)55-18-8-9-34(55)39(59)53-24-31-23-51-26-64-31)54-35(58)25-62-19-6-7-20-63-30-14-10-27(11-15-30)32-16-13-29(22-52-32)57-42(65)56(41(61)44(57,4)5)33-17-12-28(21-50)36(37(33)46)45(47,48)49/h10-17,22-23,26,34,38H,6-9,18-20,24-25H2,1-5H3,(H,53,59)(H,54,58). The van der Waals surface area contributed by atoms with Crippen molar-refractivity contribution in [2.24, 2.45) is 5.41 Å². The molecule has 2 unspecified atom stereocenters. The molecule has 0 saturated carbocycles. The van der Waals surface area contributed by atoms with E-state index in [4.69, 9.17) is 31.4 Å². The monoisotopic (exact) mass is 920 g/mol. The Bertz CT molecular complexity index is 2440. The number of oxazole rings is 1. The summed E-state index contributed by atoms with van der Waals surface area (Å²) in [5.41, 5.74) is -3.87. The SMILES string of the molecule is CC(C)(C)C(NC(=O)COCCCCOc1ccc(-c2ccc(N3C(=S)N(c4ccc(C#N)c(C(F)(F)F)c4F)C(=O)C3(C)C)cn2)cc1)C(=O)N1CCCC1C(=O)NCc1cnco1. The Labute approximate surface area is 378 Å². The summed E-state index contributed by atoms with van der Waals surface area (Å²) in [6.07, 6.45) is 1.41. The van der Waals surface area contributed by atoms with Gasteiger partial charge in [0.1, 0.15) is 41.3 Å². The highest BCUT2D eigenvalue weighted by Crippen LogP contribution is 2.42. The fourth-order valence-corrected chi connectivity index (χ4v) is 8.08. The van der Waals surface area contributed by atoms with E-state index in [0.29, 0.717) is 66.6 Å². The number of halogens is 4. The second-order valence-electron chi connectivity index (χ2n) is 17.0. The average molecular weight is 921 g/mol. The number of nitrogens with one attached hydrogen (secondary N) is 2. The van der Waals surface area contributed by atoms with Crippen molar-refractivity contribution < 1.29 is 50.6 Å². The molecule has 15 nitrogen and oxygen atoms in total. The number of amides is 4. The molecule has 2 fully saturated rings. The van der Waals surface area contributed by atoms with Gasteiger partial charge in [0.05, 0.1) is 54.2 Å². The lowest BCUT2D eigenvalue weighted by atomic mass is 9.85. The number of benzene rings is 2. The second-order valence-corrected chi connectivity index (χ2v) is 17.4. The fourth-order valence-electron chi connectivity index (χ4n) is 7.56. The third-order valence-corrected chi connectivity index (χ3v) is 11.3. The van der Waals surface area contributed by atoms with Crippen LogP contribution in [0.4, 0.5) is 28.9 Å². The number of carbonyl (C=O) groups is 4. The maximum Gasteiger partial charge on any atom is 0.420 e. The maximum atomic E-state index is 15.4. The number of alkyl halides is 3. The van der Waals surface area contributed by atoms with Crippen molar-refractivity contribution in [3.05, 3.63) is 90.0 Å². The van der Waals surface area contributed by atoms with E-state index in [-0.39, 0.29) is 36.7 Å². The molecule has 4 heterocycles. The van der Waals surface area contributed by atoms with Crippen molar-refractivity contribution in [3.63, 3.8) is 0 Å². The molecule has 0 aliphatic carbocycles. The highest BCUT2D eigenvalue weighted by atomic mass is 32.1. The van der Waals surface area contributed by atoms with Crippen LogP contribution in [-0.2, 0) is 36.6 Å². The van der Waals surface area contributed by atoms with E-state index in [9.17, 15) is 32.3 Å². The Kier molecular flexibility index (Phi) is 14.6. The number of pyridine rings is 1. The highest BCUT2D eigenvalue weighted by molar-refractivity contribution is 7.81. The highest BCUT2D eigenvalue weighted by Gasteiger charge is 2.52. The molecule has 65 heavy (non-hydrogen) atoms. The van der Waals surface area contributed by atoms with Crippen LogP contribution in [0.5, 0.6) is 5.75 Å². The summed E-state index contributed by atoms with van der Waals surface area (Å²) >= 11 is 5.53. The number of likely N-dealkylation sites (tertiary alicyclic amines) is 1. The number of hydrogen-bond donors (Lipinski definition) is 2. The summed E-state index contributed by atoms with van der Waals surface area (Å²) in [6, 6.07) is 12.0. The van der Waals surface area contributed by atoms with Crippen LogP contribution in [0.25, 0.3) is 11.3 Å². The van der Waals surface area contributed by atoms with Crippen LogP contribution in [0, 0.1) is 22.6 Å². The van der Waals surface area contributed by atoms with Gasteiger partial charge in [-0.1, -0.05) is 20.8 Å². The molecular weight excluding hydrogens is 873 g/mol. The van der Waals surface area contributed by atoms with Crippen LogP contribution < -0.4 is 25.2 Å². The van der Waals surface area contributed by atoms with E-state index in [2.05, 4.69) is 20.6 Å². The van der Waals surface area contributed by atoms with Crippen molar-refractivity contribution in [1.29, 1.82) is 5.26 Å². The summed E-state index contributed by atoms with van der Waals surface area (Å²) in [5, 5.41) is 14.5. The predicted octanol–water partition coefficient (Wildman–Crippen LogP) is 6.70. The average Bonchev–Trinajstić information content (AvgIpc) is 4.01. The van der Waals surface area contributed by atoms with Gasteiger partial charge in [0.2, 0.25) is 17.7 Å². The largest absolute Gasteiger partial charge is 0.494 e. The number of anilines is 2. The topological polar surface area (TPSA) is 183 Å². The van der Waals surface area contributed by atoms with Gasteiger partial charge in [-0.25, -0.2) is 9.37 Å². The van der Waals surface area contributed by atoms with Crippen LogP contribution in [0.3, 0.4) is 0 Å². The third-order valence-electron chi connectivity index (χ3n) is 11.0. The van der Waals surface area contributed by atoms with Crippen molar-refractivity contribution in [3.8, 4) is 23.1 Å². The molecule has 4 amide bonds. The van der Waals surface area contributed by atoms with Crippen LogP contribution in [0.15, 0.2) is 71.7 Å². The summed E-state index contributed by atoms with van der Waals surface area (Å²) in [5.74, 6) is -2.54. The van der Waals surface area contributed by atoms with Crippen molar-refractivity contribution in [1.82, 2.24) is 25.5 Å². The van der Waals surface area contributed by atoms with E-state index in [1.807, 2.05) is 20.8 Å². The first kappa shape index (κ1) is 48.0. The number of carbonyl (C=O) groups excluding carboxylic acids is 4. The molecule has 2 aliphatic rings. The number of nitrogens with zero attached hydrogens (tertiary/aromatic N) is 6. The molecule has 20 heteroatoms. The maximum absolute atomic E-state index is 15.4. The van der Waals surface area contributed by atoms with Crippen molar-refractivity contribution in [2.75, 3.05) is 36.2 Å². The molecule has 2 aliphatic heterocycles.